The molecule has 3 N–H and O–H groups in total. The molecule has 0 aliphatic heterocycles. The molecule has 0 saturated heterocycles. The van der Waals surface area contributed by atoms with E-state index in [0.29, 0.717) is 18.8 Å². The molecule has 0 aliphatic carbocycles. The lowest BCUT2D eigenvalue weighted by molar-refractivity contribution is 0.0314. The molecule has 1 rings (SSSR count). The summed E-state index contributed by atoms with van der Waals surface area (Å²) in [6, 6.07) is 7.18. The van der Waals surface area contributed by atoms with Crippen molar-refractivity contribution in [2.75, 3.05) is 32.9 Å². The van der Waals surface area contributed by atoms with Gasteiger partial charge in [0.15, 0.2) is 0 Å². The molecule has 0 bridgehead atoms. The number of nitrogens with two attached hydrogens (primary N) is 1. The first-order valence-electron chi connectivity index (χ1n) is 6.50. The Morgan fingerprint density at radius 1 is 1.30 bits per heavy atom. The van der Waals surface area contributed by atoms with Crippen molar-refractivity contribution in [1.82, 2.24) is 9.80 Å². The van der Waals surface area contributed by atoms with Crippen molar-refractivity contribution >= 4 is 11.8 Å². The number of rotatable bonds is 6. The summed E-state index contributed by atoms with van der Waals surface area (Å²) in [5, 5.41) is 9.33. The molecule has 1 amide bonds. The summed E-state index contributed by atoms with van der Waals surface area (Å²) in [7, 11) is 3.46. The Morgan fingerprint density at radius 2 is 1.90 bits per heavy atom. The standard InChI is InChI=1S/C14H23N3O3/c1-11(18)16(2)8-9-17(3)14(19)20-10-12-4-6-13(15)7-5-12/h4-7,11,18H,8-10,15H2,1-3H3. The van der Waals surface area contributed by atoms with Crippen molar-refractivity contribution < 1.29 is 14.6 Å². The van der Waals surface area contributed by atoms with E-state index in [1.807, 2.05) is 12.1 Å². The molecule has 20 heavy (non-hydrogen) atoms. The highest BCUT2D eigenvalue weighted by Gasteiger charge is 2.12. The Kier molecular flexibility index (Phi) is 6.27. The highest BCUT2D eigenvalue weighted by Crippen LogP contribution is 2.07. The Morgan fingerprint density at radius 3 is 2.45 bits per heavy atom. The number of carbonyl (C=O) groups is 1. The summed E-state index contributed by atoms with van der Waals surface area (Å²) in [5.41, 5.74) is 7.15. The van der Waals surface area contributed by atoms with Crippen molar-refractivity contribution in [2.24, 2.45) is 0 Å². The van der Waals surface area contributed by atoms with Crippen molar-refractivity contribution in [3.05, 3.63) is 29.8 Å². The molecule has 6 nitrogen and oxygen atoms in total. The van der Waals surface area contributed by atoms with Crippen LogP contribution in [0.2, 0.25) is 0 Å². The minimum atomic E-state index is -0.533. The largest absolute Gasteiger partial charge is 0.445 e. The van der Waals surface area contributed by atoms with Crippen LogP contribution >= 0.6 is 0 Å². The maximum absolute atomic E-state index is 11.8. The minimum absolute atomic E-state index is 0.218. The van der Waals surface area contributed by atoms with Crippen LogP contribution in [0, 0.1) is 0 Å². The number of aliphatic hydroxyl groups excluding tert-OH is 1. The lowest BCUT2D eigenvalue weighted by Crippen LogP contribution is -2.38. The predicted molar refractivity (Wildman–Crippen MR) is 78.0 cm³/mol. The third-order valence-corrected chi connectivity index (χ3v) is 3.08. The Labute approximate surface area is 119 Å². The third-order valence-electron chi connectivity index (χ3n) is 3.08. The van der Waals surface area contributed by atoms with Gasteiger partial charge in [-0.05, 0) is 31.7 Å². The summed E-state index contributed by atoms with van der Waals surface area (Å²) in [4.78, 5) is 15.0. The Balaban J connectivity index is 2.33. The van der Waals surface area contributed by atoms with E-state index >= 15 is 0 Å². The number of likely N-dealkylation sites (N-methyl/N-ethyl adjacent to an activating group) is 2. The van der Waals surface area contributed by atoms with Crippen LogP contribution < -0.4 is 5.73 Å². The van der Waals surface area contributed by atoms with Crippen LogP contribution in [0.5, 0.6) is 0 Å². The molecule has 6 heteroatoms. The van der Waals surface area contributed by atoms with Crippen LogP contribution in [-0.4, -0.2) is 54.4 Å². The van der Waals surface area contributed by atoms with Crippen LogP contribution in [0.3, 0.4) is 0 Å². The van der Waals surface area contributed by atoms with Crippen LogP contribution in [0.4, 0.5) is 10.5 Å². The first-order chi connectivity index (χ1) is 9.40. The molecule has 0 aliphatic rings. The normalized spacial score (nSPS) is 12.2. The van der Waals surface area contributed by atoms with Gasteiger partial charge in [-0.1, -0.05) is 12.1 Å². The minimum Gasteiger partial charge on any atom is -0.445 e. The maximum atomic E-state index is 11.8. The van der Waals surface area contributed by atoms with Gasteiger partial charge < -0.3 is 20.5 Å². The number of anilines is 1. The zero-order chi connectivity index (χ0) is 15.1. The molecule has 0 fully saturated rings. The summed E-state index contributed by atoms with van der Waals surface area (Å²) >= 11 is 0. The van der Waals surface area contributed by atoms with Gasteiger partial charge in [-0.3, -0.25) is 4.90 Å². The topological polar surface area (TPSA) is 79.0 Å². The van der Waals surface area contributed by atoms with Gasteiger partial charge in [-0.15, -0.1) is 0 Å². The predicted octanol–water partition coefficient (Wildman–Crippen LogP) is 1.11. The number of hydrogen-bond acceptors (Lipinski definition) is 5. The van der Waals surface area contributed by atoms with Gasteiger partial charge in [0, 0.05) is 25.8 Å². The quantitative estimate of drug-likeness (QED) is 0.603. The molecule has 0 aromatic heterocycles. The first kappa shape index (κ1) is 16.3. The van der Waals surface area contributed by atoms with E-state index in [9.17, 15) is 9.90 Å². The number of carbonyl (C=O) groups excluding carboxylic acids is 1. The zero-order valence-corrected chi connectivity index (χ0v) is 12.2. The number of nitrogens with zero attached hydrogens (tertiary/aromatic N) is 2. The number of nitrogen functional groups attached to an aromatic ring is 1. The molecule has 0 heterocycles. The van der Waals surface area contributed by atoms with Crippen molar-refractivity contribution in [2.45, 2.75) is 19.8 Å². The van der Waals surface area contributed by atoms with E-state index in [-0.39, 0.29) is 12.7 Å². The van der Waals surface area contributed by atoms with E-state index in [1.165, 1.54) is 4.90 Å². The number of amides is 1. The number of aliphatic hydroxyl groups is 1. The molecule has 1 aromatic rings. The molecule has 0 saturated carbocycles. The molecule has 1 aromatic carbocycles. The van der Waals surface area contributed by atoms with E-state index in [2.05, 4.69) is 0 Å². The summed E-state index contributed by atoms with van der Waals surface area (Å²) in [6.07, 6.45) is -0.921. The summed E-state index contributed by atoms with van der Waals surface area (Å²) in [5.74, 6) is 0. The molecular weight excluding hydrogens is 258 g/mol. The number of ether oxygens (including phenoxy) is 1. The highest BCUT2D eigenvalue weighted by molar-refractivity contribution is 5.67. The monoisotopic (exact) mass is 281 g/mol. The highest BCUT2D eigenvalue weighted by atomic mass is 16.6. The van der Waals surface area contributed by atoms with Gasteiger partial charge in [0.2, 0.25) is 0 Å². The van der Waals surface area contributed by atoms with Crippen LogP contribution in [0.1, 0.15) is 12.5 Å². The van der Waals surface area contributed by atoms with Crippen LogP contribution in [0.25, 0.3) is 0 Å². The Bertz CT molecular complexity index is 420. The van der Waals surface area contributed by atoms with Gasteiger partial charge in [0.25, 0.3) is 0 Å². The average Bonchev–Trinajstić information content (AvgIpc) is 2.43. The van der Waals surface area contributed by atoms with Gasteiger partial charge in [0.05, 0.1) is 0 Å². The second-order valence-electron chi connectivity index (χ2n) is 4.83. The number of benzene rings is 1. The van der Waals surface area contributed by atoms with E-state index < -0.39 is 6.23 Å². The van der Waals surface area contributed by atoms with E-state index in [0.717, 1.165) is 5.56 Å². The van der Waals surface area contributed by atoms with Gasteiger partial charge >= 0.3 is 6.09 Å². The first-order valence-corrected chi connectivity index (χ1v) is 6.50. The average molecular weight is 281 g/mol. The fourth-order valence-electron chi connectivity index (χ4n) is 1.45. The molecule has 112 valence electrons. The summed E-state index contributed by atoms with van der Waals surface area (Å²) in [6.45, 7) is 2.96. The van der Waals surface area contributed by atoms with Crippen LogP contribution in [0.15, 0.2) is 24.3 Å². The van der Waals surface area contributed by atoms with Gasteiger partial charge in [-0.2, -0.15) is 0 Å². The molecule has 1 atom stereocenters. The lowest BCUT2D eigenvalue weighted by atomic mass is 10.2. The second kappa shape index (κ2) is 7.72. The molecular formula is C14H23N3O3. The van der Waals surface area contributed by atoms with Crippen molar-refractivity contribution in [3.8, 4) is 0 Å². The lowest BCUT2D eigenvalue weighted by Gasteiger charge is -2.23. The van der Waals surface area contributed by atoms with Crippen molar-refractivity contribution in [3.63, 3.8) is 0 Å². The van der Waals surface area contributed by atoms with E-state index in [1.54, 1.807) is 38.1 Å². The fraction of sp³-hybridized carbons (Fsp3) is 0.500. The van der Waals surface area contributed by atoms with E-state index in [4.69, 9.17) is 10.5 Å². The maximum Gasteiger partial charge on any atom is 0.409 e. The zero-order valence-electron chi connectivity index (χ0n) is 12.2. The molecule has 1 unspecified atom stereocenters. The summed E-state index contributed by atoms with van der Waals surface area (Å²) < 4.78 is 5.19. The second-order valence-corrected chi connectivity index (χ2v) is 4.83. The Hall–Kier alpha value is -1.79. The number of hydrogen-bond donors (Lipinski definition) is 2. The smallest absolute Gasteiger partial charge is 0.409 e. The van der Waals surface area contributed by atoms with Crippen LogP contribution in [-0.2, 0) is 11.3 Å². The third kappa shape index (κ3) is 5.46. The fourth-order valence-corrected chi connectivity index (χ4v) is 1.45. The molecule has 0 spiro atoms. The molecule has 0 radical (unpaired) electrons. The van der Waals surface area contributed by atoms with Gasteiger partial charge in [0.1, 0.15) is 12.8 Å². The van der Waals surface area contributed by atoms with Crippen molar-refractivity contribution in [1.29, 1.82) is 0 Å². The van der Waals surface area contributed by atoms with Gasteiger partial charge in [-0.25, -0.2) is 4.79 Å². The SMILES string of the molecule is CC(O)N(C)CCN(C)C(=O)OCc1ccc(N)cc1.